The quantitative estimate of drug-likeness (QED) is 0.714. The van der Waals surface area contributed by atoms with Crippen molar-refractivity contribution in [1.29, 1.82) is 0 Å². The van der Waals surface area contributed by atoms with Gasteiger partial charge in [-0.3, -0.25) is 9.48 Å². The number of urea groups is 1. The second-order valence-corrected chi connectivity index (χ2v) is 5.09. The fourth-order valence-electron chi connectivity index (χ4n) is 1.71. The van der Waals surface area contributed by atoms with E-state index in [0.29, 0.717) is 18.5 Å². The van der Waals surface area contributed by atoms with Crippen LogP contribution in [0.15, 0.2) is 12.4 Å². The summed E-state index contributed by atoms with van der Waals surface area (Å²) in [5.41, 5.74) is 0.633. The second kappa shape index (κ2) is 7.52. The van der Waals surface area contributed by atoms with E-state index >= 15 is 0 Å². The van der Waals surface area contributed by atoms with Gasteiger partial charge in [-0.15, -0.1) is 0 Å². The number of hydrogen-bond acceptors (Lipinski definition) is 3. The Kier molecular flexibility index (Phi) is 6.02. The van der Waals surface area contributed by atoms with Crippen molar-refractivity contribution in [2.24, 2.45) is 0 Å². The third-order valence-corrected chi connectivity index (χ3v) is 2.79. The van der Waals surface area contributed by atoms with Crippen molar-refractivity contribution < 1.29 is 14.7 Å². The minimum atomic E-state index is -0.817. The maximum Gasteiger partial charge on any atom is 0.319 e. The first kappa shape index (κ1) is 16.0. The van der Waals surface area contributed by atoms with Crippen LogP contribution in [-0.4, -0.2) is 32.9 Å². The number of carboxylic acid groups (broad SMARTS) is 1. The van der Waals surface area contributed by atoms with Crippen molar-refractivity contribution in [2.45, 2.75) is 52.1 Å². The van der Waals surface area contributed by atoms with Gasteiger partial charge in [0.2, 0.25) is 0 Å². The summed E-state index contributed by atoms with van der Waals surface area (Å²) in [5.74, 6) is -0.817. The minimum Gasteiger partial charge on any atom is -0.481 e. The van der Waals surface area contributed by atoms with Gasteiger partial charge in [0.1, 0.15) is 0 Å². The van der Waals surface area contributed by atoms with Crippen molar-refractivity contribution in [1.82, 2.24) is 15.1 Å². The molecule has 7 nitrogen and oxygen atoms in total. The molecule has 0 fully saturated rings. The van der Waals surface area contributed by atoms with Gasteiger partial charge in [-0.25, -0.2) is 4.79 Å². The molecule has 0 radical (unpaired) electrons. The highest BCUT2D eigenvalue weighted by Gasteiger charge is 2.09. The molecular weight excluding hydrogens is 260 g/mol. The van der Waals surface area contributed by atoms with E-state index < -0.39 is 5.97 Å². The number of aromatic nitrogens is 2. The molecule has 3 N–H and O–H groups in total. The van der Waals surface area contributed by atoms with Crippen molar-refractivity contribution >= 4 is 17.7 Å². The minimum absolute atomic E-state index is 0.0745. The first-order valence-electron chi connectivity index (χ1n) is 6.72. The predicted molar refractivity (Wildman–Crippen MR) is 75.7 cm³/mol. The summed E-state index contributed by atoms with van der Waals surface area (Å²) in [6.07, 6.45) is 4.65. The lowest BCUT2D eigenvalue weighted by Crippen LogP contribution is -2.36. The van der Waals surface area contributed by atoms with Gasteiger partial charge in [0.25, 0.3) is 0 Å². The molecular formula is C13H22N4O3. The Morgan fingerprint density at radius 1 is 1.40 bits per heavy atom. The standard InChI is InChI=1S/C13H22N4O3/c1-9(2)17-8-11(7-14-17)16-13(20)15-10(3)5-4-6-12(18)19/h7-10H,4-6H2,1-3H3,(H,18,19)(H2,15,16,20). The Labute approximate surface area is 118 Å². The first-order chi connectivity index (χ1) is 9.38. The molecule has 1 rings (SSSR count). The maximum absolute atomic E-state index is 11.7. The van der Waals surface area contributed by atoms with Gasteiger partial charge < -0.3 is 15.7 Å². The molecule has 0 saturated heterocycles. The van der Waals surface area contributed by atoms with Gasteiger partial charge in [-0.2, -0.15) is 5.10 Å². The van der Waals surface area contributed by atoms with E-state index in [1.54, 1.807) is 17.1 Å². The topological polar surface area (TPSA) is 96.2 Å². The number of anilines is 1. The van der Waals surface area contributed by atoms with Crippen molar-refractivity contribution in [3.05, 3.63) is 12.4 Å². The number of carbonyl (C=O) groups excluding carboxylic acids is 1. The summed E-state index contributed by atoms with van der Waals surface area (Å²) in [6.45, 7) is 5.85. The van der Waals surface area contributed by atoms with Gasteiger partial charge in [0.05, 0.1) is 11.9 Å². The van der Waals surface area contributed by atoms with E-state index in [0.717, 1.165) is 0 Å². The van der Waals surface area contributed by atoms with Crippen LogP contribution < -0.4 is 10.6 Å². The number of rotatable bonds is 7. The molecule has 0 spiro atoms. The maximum atomic E-state index is 11.7. The summed E-state index contributed by atoms with van der Waals surface area (Å²) in [5, 5.41) is 18.1. The zero-order chi connectivity index (χ0) is 15.1. The molecule has 2 amide bonds. The van der Waals surface area contributed by atoms with E-state index in [-0.39, 0.29) is 24.5 Å². The Bertz CT molecular complexity index is 456. The molecule has 20 heavy (non-hydrogen) atoms. The van der Waals surface area contributed by atoms with E-state index in [2.05, 4.69) is 15.7 Å². The lowest BCUT2D eigenvalue weighted by Gasteiger charge is -2.13. The van der Waals surface area contributed by atoms with Crippen LogP contribution >= 0.6 is 0 Å². The second-order valence-electron chi connectivity index (χ2n) is 5.09. The van der Waals surface area contributed by atoms with E-state index in [9.17, 15) is 9.59 Å². The lowest BCUT2D eigenvalue weighted by molar-refractivity contribution is -0.137. The third kappa shape index (κ3) is 5.73. The van der Waals surface area contributed by atoms with Crippen LogP contribution in [0.4, 0.5) is 10.5 Å². The molecule has 0 aromatic carbocycles. The number of carbonyl (C=O) groups is 2. The third-order valence-electron chi connectivity index (χ3n) is 2.79. The highest BCUT2D eigenvalue weighted by molar-refractivity contribution is 5.89. The molecule has 1 atom stereocenters. The molecule has 7 heteroatoms. The number of amides is 2. The fourth-order valence-corrected chi connectivity index (χ4v) is 1.71. The van der Waals surface area contributed by atoms with Crippen LogP contribution in [-0.2, 0) is 4.79 Å². The van der Waals surface area contributed by atoms with Gasteiger partial charge in [0, 0.05) is 24.7 Å². The smallest absolute Gasteiger partial charge is 0.319 e. The van der Waals surface area contributed by atoms with Gasteiger partial charge >= 0.3 is 12.0 Å². The summed E-state index contributed by atoms with van der Waals surface area (Å²) < 4.78 is 1.76. The SMILES string of the molecule is CC(CCCC(=O)O)NC(=O)Nc1cnn(C(C)C)c1. The van der Waals surface area contributed by atoms with Crippen molar-refractivity contribution in [3.63, 3.8) is 0 Å². The first-order valence-corrected chi connectivity index (χ1v) is 6.72. The number of hydrogen-bond donors (Lipinski definition) is 3. The van der Waals surface area contributed by atoms with E-state index in [1.807, 2.05) is 20.8 Å². The summed E-state index contributed by atoms with van der Waals surface area (Å²) >= 11 is 0. The van der Waals surface area contributed by atoms with Gasteiger partial charge in [-0.1, -0.05) is 0 Å². The average Bonchev–Trinajstić information content (AvgIpc) is 2.76. The Balaban J connectivity index is 2.33. The normalized spacial score (nSPS) is 12.2. The van der Waals surface area contributed by atoms with Crippen LogP contribution in [0.5, 0.6) is 0 Å². The molecule has 0 bridgehead atoms. The largest absolute Gasteiger partial charge is 0.481 e. The van der Waals surface area contributed by atoms with E-state index in [1.165, 1.54) is 0 Å². The Morgan fingerprint density at radius 2 is 2.10 bits per heavy atom. The van der Waals surface area contributed by atoms with Crippen LogP contribution in [0.2, 0.25) is 0 Å². The van der Waals surface area contributed by atoms with Crippen LogP contribution in [0, 0.1) is 0 Å². The van der Waals surface area contributed by atoms with Crippen molar-refractivity contribution in [2.75, 3.05) is 5.32 Å². The summed E-state index contributed by atoms with van der Waals surface area (Å²) in [4.78, 5) is 22.1. The fraction of sp³-hybridized carbons (Fsp3) is 0.615. The molecule has 0 aliphatic rings. The van der Waals surface area contributed by atoms with Crippen molar-refractivity contribution in [3.8, 4) is 0 Å². The Morgan fingerprint density at radius 3 is 2.65 bits per heavy atom. The zero-order valence-electron chi connectivity index (χ0n) is 12.1. The van der Waals surface area contributed by atoms with Crippen LogP contribution in [0.25, 0.3) is 0 Å². The molecule has 112 valence electrons. The molecule has 1 unspecified atom stereocenters. The molecule has 0 aliphatic heterocycles. The van der Waals surface area contributed by atoms with Gasteiger partial charge in [0.15, 0.2) is 0 Å². The Hall–Kier alpha value is -2.05. The van der Waals surface area contributed by atoms with E-state index in [4.69, 9.17) is 5.11 Å². The molecule has 1 heterocycles. The number of carboxylic acids is 1. The molecule has 1 aromatic rings. The number of nitrogens with one attached hydrogen (secondary N) is 2. The number of nitrogens with zero attached hydrogens (tertiary/aromatic N) is 2. The molecule has 0 saturated carbocycles. The monoisotopic (exact) mass is 282 g/mol. The number of aliphatic carboxylic acids is 1. The highest BCUT2D eigenvalue weighted by Crippen LogP contribution is 2.09. The lowest BCUT2D eigenvalue weighted by atomic mass is 10.1. The van der Waals surface area contributed by atoms with Crippen LogP contribution in [0.3, 0.4) is 0 Å². The zero-order valence-corrected chi connectivity index (χ0v) is 12.1. The highest BCUT2D eigenvalue weighted by atomic mass is 16.4. The summed E-state index contributed by atoms with van der Waals surface area (Å²) in [7, 11) is 0. The summed E-state index contributed by atoms with van der Waals surface area (Å²) in [6, 6.07) is -0.144. The predicted octanol–water partition coefficient (Wildman–Crippen LogP) is 2.23. The van der Waals surface area contributed by atoms with Crippen LogP contribution in [0.1, 0.15) is 46.1 Å². The van der Waals surface area contributed by atoms with Gasteiger partial charge in [-0.05, 0) is 33.6 Å². The average molecular weight is 282 g/mol. The molecule has 1 aromatic heterocycles. The molecule has 0 aliphatic carbocycles.